The second-order valence-corrected chi connectivity index (χ2v) is 4.43. The zero-order valence-electron chi connectivity index (χ0n) is 9.97. The molecule has 0 radical (unpaired) electrons. The fraction of sp³-hybridized carbons (Fsp3) is 0.364. The molecule has 0 amide bonds. The van der Waals surface area contributed by atoms with Crippen molar-refractivity contribution in [1.29, 1.82) is 0 Å². The largest absolute Gasteiger partial charge is 0.480 e. The van der Waals surface area contributed by atoms with E-state index in [1.165, 1.54) is 11.0 Å². The van der Waals surface area contributed by atoms with Crippen molar-refractivity contribution in [2.75, 3.05) is 5.73 Å². The molecule has 2 aromatic heterocycles. The van der Waals surface area contributed by atoms with Gasteiger partial charge in [-0.25, -0.2) is 19.4 Å². The highest BCUT2D eigenvalue weighted by atomic mass is 16.4. The SMILES string of the molecule is Nc1nc2n(n1)C(C(=O)O)C(c1cncnc1)CC2. The minimum absolute atomic E-state index is 0.103. The van der Waals surface area contributed by atoms with E-state index in [0.29, 0.717) is 18.7 Å². The lowest BCUT2D eigenvalue weighted by Crippen LogP contribution is -2.32. The van der Waals surface area contributed by atoms with Gasteiger partial charge in [0.15, 0.2) is 6.04 Å². The molecule has 1 aliphatic heterocycles. The Bertz CT molecular complexity index is 611. The summed E-state index contributed by atoms with van der Waals surface area (Å²) in [5, 5.41) is 13.4. The maximum absolute atomic E-state index is 11.5. The highest BCUT2D eigenvalue weighted by Crippen LogP contribution is 2.36. The molecule has 1 aliphatic rings. The van der Waals surface area contributed by atoms with E-state index >= 15 is 0 Å². The molecule has 0 spiro atoms. The van der Waals surface area contributed by atoms with Gasteiger partial charge in [0, 0.05) is 24.7 Å². The maximum atomic E-state index is 11.5. The van der Waals surface area contributed by atoms with Crippen LogP contribution in [0.3, 0.4) is 0 Å². The molecule has 2 aromatic rings. The first-order valence-corrected chi connectivity index (χ1v) is 5.85. The molecule has 2 unspecified atom stereocenters. The van der Waals surface area contributed by atoms with Gasteiger partial charge in [-0.15, -0.1) is 5.10 Å². The zero-order valence-corrected chi connectivity index (χ0v) is 9.97. The lowest BCUT2D eigenvalue weighted by molar-refractivity contribution is -0.142. The summed E-state index contributed by atoms with van der Waals surface area (Å²) in [7, 11) is 0. The fourth-order valence-electron chi connectivity index (χ4n) is 2.51. The standard InChI is InChI=1S/C11H12N6O2/c12-11-15-8-2-1-7(6-3-13-5-14-4-6)9(10(18)19)17(8)16-11/h3-5,7,9H,1-2H2,(H2,12,16)(H,18,19). The average molecular weight is 260 g/mol. The zero-order chi connectivity index (χ0) is 13.4. The molecule has 0 saturated heterocycles. The quantitative estimate of drug-likeness (QED) is 0.780. The number of fused-ring (bicyclic) bond motifs is 1. The van der Waals surface area contributed by atoms with Crippen LogP contribution in [0.25, 0.3) is 0 Å². The van der Waals surface area contributed by atoms with E-state index in [-0.39, 0.29) is 11.9 Å². The topological polar surface area (TPSA) is 120 Å². The Labute approximate surface area is 108 Å². The summed E-state index contributed by atoms with van der Waals surface area (Å²) in [5.41, 5.74) is 6.33. The minimum Gasteiger partial charge on any atom is -0.480 e. The van der Waals surface area contributed by atoms with Crippen molar-refractivity contribution >= 4 is 11.9 Å². The van der Waals surface area contributed by atoms with Crippen molar-refractivity contribution < 1.29 is 9.90 Å². The summed E-state index contributed by atoms with van der Waals surface area (Å²) in [5.74, 6) is -0.476. The number of anilines is 1. The third-order valence-corrected chi connectivity index (χ3v) is 3.30. The predicted octanol–water partition coefficient (Wildman–Crippen LogP) is 0.00600. The van der Waals surface area contributed by atoms with Gasteiger partial charge in [-0.2, -0.15) is 4.98 Å². The maximum Gasteiger partial charge on any atom is 0.329 e. The van der Waals surface area contributed by atoms with Gasteiger partial charge in [-0.1, -0.05) is 0 Å². The molecule has 19 heavy (non-hydrogen) atoms. The van der Waals surface area contributed by atoms with E-state index in [4.69, 9.17) is 5.73 Å². The number of nitrogens with zero attached hydrogens (tertiary/aromatic N) is 5. The van der Waals surface area contributed by atoms with E-state index in [1.807, 2.05) is 0 Å². The van der Waals surface area contributed by atoms with Crippen molar-refractivity contribution in [2.24, 2.45) is 0 Å². The summed E-state index contributed by atoms with van der Waals surface area (Å²) < 4.78 is 1.40. The Morgan fingerprint density at radius 3 is 2.84 bits per heavy atom. The molecule has 3 N–H and O–H groups in total. The second-order valence-electron chi connectivity index (χ2n) is 4.43. The molecular formula is C11H12N6O2. The summed E-state index contributed by atoms with van der Waals surface area (Å²) in [6.45, 7) is 0. The van der Waals surface area contributed by atoms with Crippen LogP contribution in [0.2, 0.25) is 0 Å². The van der Waals surface area contributed by atoms with Crippen molar-refractivity contribution in [3.8, 4) is 0 Å². The predicted molar refractivity (Wildman–Crippen MR) is 64.2 cm³/mol. The first-order chi connectivity index (χ1) is 9.16. The number of aryl methyl sites for hydroxylation is 1. The van der Waals surface area contributed by atoms with Crippen LogP contribution in [0.4, 0.5) is 5.95 Å². The lowest BCUT2D eigenvalue weighted by Gasteiger charge is -2.28. The minimum atomic E-state index is -0.959. The summed E-state index contributed by atoms with van der Waals surface area (Å²) in [4.78, 5) is 23.5. The van der Waals surface area contributed by atoms with Crippen molar-refractivity contribution in [3.63, 3.8) is 0 Å². The number of nitrogen functional groups attached to an aromatic ring is 1. The second kappa shape index (κ2) is 4.30. The molecule has 3 heterocycles. The summed E-state index contributed by atoms with van der Waals surface area (Å²) in [6.07, 6.45) is 5.98. The van der Waals surface area contributed by atoms with Crippen LogP contribution < -0.4 is 5.73 Å². The Hall–Kier alpha value is -2.51. The number of nitrogens with two attached hydrogens (primary N) is 1. The van der Waals surface area contributed by atoms with E-state index in [2.05, 4.69) is 20.1 Å². The molecule has 0 bridgehead atoms. The van der Waals surface area contributed by atoms with Crippen molar-refractivity contribution in [3.05, 3.63) is 30.1 Å². The molecule has 98 valence electrons. The van der Waals surface area contributed by atoms with Crippen LogP contribution in [0.15, 0.2) is 18.7 Å². The van der Waals surface area contributed by atoms with Crippen LogP contribution in [0.1, 0.15) is 29.8 Å². The van der Waals surface area contributed by atoms with E-state index in [0.717, 1.165) is 5.56 Å². The van der Waals surface area contributed by atoms with E-state index < -0.39 is 12.0 Å². The normalized spacial score (nSPS) is 21.9. The smallest absolute Gasteiger partial charge is 0.329 e. The van der Waals surface area contributed by atoms with Crippen molar-refractivity contribution in [2.45, 2.75) is 24.8 Å². The molecule has 8 nitrogen and oxygen atoms in total. The monoisotopic (exact) mass is 260 g/mol. The van der Waals surface area contributed by atoms with Crippen LogP contribution >= 0.6 is 0 Å². The van der Waals surface area contributed by atoms with E-state index in [1.54, 1.807) is 12.4 Å². The molecule has 8 heteroatoms. The Morgan fingerprint density at radius 2 is 2.16 bits per heavy atom. The third kappa shape index (κ3) is 1.90. The van der Waals surface area contributed by atoms with Gasteiger partial charge in [-0.3, -0.25) is 0 Å². The van der Waals surface area contributed by atoms with Gasteiger partial charge in [-0.05, 0) is 12.0 Å². The number of hydrogen-bond acceptors (Lipinski definition) is 6. The van der Waals surface area contributed by atoms with Crippen LogP contribution in [-0.2, 0) is 11.2 Å². The number of carbonyl (C=O) groups is 1. The third-order valence-electron chi connectivity index (χ3n) is 3.30. The van der Waals surface area contributed by atoms with Crippen LogP contribution in [-0.4, -0.2) is 35.8 Å². The summed E-state index contributed by atoms with van der Waals surface area (Å²) >= 11 is 0. The first-order valence-electron chi connectivity index (χ1n) is 5.85. The Kier molecular flexibility index (Phi) is 2.62. The van der Waals surface area contributed by atoms with Crippen LogP contribution in [0.5, 0.6) is 0 Å². The van der Waals surface area contributed by atoms with Gasteiger partial charge in [0.25, 0.3) is 0 Å². The average Bonchev–Trinajstić information content (AvgIpc) is 2.78. The number of aromatic nitrogens is 5. The molecule has 2 atom stereocenters. The fourth-order valence-corrected chi connectivity index (χ4v) is 2.51. The first kappa shape index (κ1) is 11.6. The van der Waals surface area contributed by atoms with Gasteiger partial charge in [0.05, 0.1) is 0 Å². The molecule has 0 fully saturated rings. The number of carboxylic acids is 1. The molecular weight excluding hydrogens is 248 g/mol. The molecule has 0 aliphatic carbocycles. The number of hydrogen-bond donors (Lipinski definition) is 2. The highest BCUT2D eigenvalue weighted by Gasteiger charge is 2.37. The number of rotatable bonds is 2. The molecule has 3 rings (SSSR count). The van der Waals surface area contributed by atoms with Gasteiger partial charge < -0.3 is 10.8 Å². The van der Waals surface area contributed by atoms with Gasteiger partial charge in [0.2, 0.25) is 5.95 Å². The number of carboxylic acid groups (broad SMARTS) is 1. The number of aliphatic carboxylic acids is 1. The van der Waals surface area contributed by atoms with Gasteiger partial charge >= 0.3 is 5.97 Å². The molecule has 0 saturated carbocycles. The Morgan fingerprint density at radius 1 is 1.42 bits per heavy atom. The van der Waals surface area contributed by atoms with Crippen molar-refractivity contribution in [1.82, 2.24) is 24.7 Å². The van der Waals surface area contributed by atoms with E-state index in [9.17, 15) is 9.90 Å². The van der Waals surface area contributed by atoms with Gasteiger partial charge in [0.1, 0.15) is 12.2 Å². The molecule has 0 aromatic carbocycles. The Balaban J connectivity index is 2.06. The lowest BCUT2D eigenvalue weighted by atomic mass is 9.86. The van der Waals surface area contributed by atoms with Crippen LogP contribution in [0, 0.1) is 0 Å². The summed E-state index contributed by atoms with van der Waals surface area (Å²) in [6, 6.07) is -0.820. The highest BCUT2D eigenvalue weighted by molar-refractivity contribution is 5.73.